The van der Waals surface area contributed by atoms with E-state index in [1.165, 1.54) is 15.4 Å². The summed E-state index contributed by atoms with van der Waals surface area (Å²) in [6.45, 7) is 3.86. The van der Waals surface area contributed by atoms with Gasteiger partial charge in [-0.3, -0.25) is 9.89 Å². The Morgan fingerprint density at radius 2 is 1.78 bits per heavy atom. The Hall–Kier alpha value is -2.35. The van der Waals surface area contributed by atoms with E-state index in [1.807, 2.05) is 6.21 Å². The monoisotopic (exact) mass is 396 g/mol. The molecule has 0 unspecified atom stereocenters. The summed E-state index contributed by atoms with van der Waals surface area (Å²) in [5.41, 5.74) is 2.15. The first-order valence-electron chi connectivity index (χ1n) is 8.86. The van der Waals surface area contributed by atoms with Crippen molar-refractivity contribution in [3.05, 3.63) is 63.7 Å². The second-order valence-corrected chi connectivity index (χ2v) is 8.39. The number of piperazine rings is 1. The number of hydrogen-bond acceptors (Lipinski definition) is 7. The minimum absolute atomic E-state index is 0.290. The van der Waals surface area contributed by atoms with Crippen molar-refractivity contribution in [3.63, 3.8) is 0 Å². The van der Waals surface area contributed by atoms with E-state index in [-0.39, 0.29) is 0 Å². The number of anilines is 1. The SMILES string of the molecule is O=NCN1CCN(c2ccc(N=Cc3ccc(-c4cccs4)s3)cc2)CC1. The van der Waals surface area contributed by atoms with Crippen molar-refractivity contribution >= 4 is 40.3 Å². The summed E-state index contributed by atoms with van der Waals surface area (Å²) < 4.78 is 0. The summed E-state index contributed by atoms with van der Waals surface area (Å²) >= 11 is 3.52. The van der Waals surface area contributed by atoms with Gasteiger partial charge in [0.1, 0.15) is 6.67 Å². The average molecular weight is 397 g/mol. The lowest BCUT2D eigenvalue weighted by Crippen LogP contribution is -2.46. The Balaban J connectivity index is 1.37. The Labute approximate surface area is 166 Å². The maximum atomic E-state index is 10.4. The van der Waals surface area contributed by atoms with Gasteiger partial charge in [-0.25, -0.2) is 0 Å². The Kier molecular flexibility index (Phi) is 5.72. The first-order valence-corrected chi connectivity index (χ1v) is 10.6. The maximum absolute atomic E-state index is 10.4. The molecule has 1 aliphatic rings. The lowest BCUT2D eigenvalue weighted by atomic mass is 10.2. The van der Waals surface area contributed by atoms with E-state index in [0.29, 0.717) is 6.67 Å². The van der Waals surface area contributed by atoms with Gasteiger partial charge in [0.25, 0.3) is 0 Å². The van der Waals surface area contributed by atoms with E-state index in [1.54, 1.807) is 22.7 Å². The van der Waals surface area contributed by atoms with Crippen molar-refractivity contribution in [3.8, 4) is 9.75 Å². The van der Waals surface area contributed by atoms with Gasteiger partial charge < -0.3 is 4.90 Å². The van der Waals surface area contributed by atoms with Gasteiger partial charge in [-0.1, -0.05) is 11.2 Å². The molecule has 1 fully saturated rings. The number of thiophene rings is 2. The molecule has 0 aliphatic carbocycles. The first kappa shape index (κ1) is 18.0. The fraction of sp³-hybridized carbons (Fsp3) is 0.250. The van der Waals surface area contributed by atoms with Crippen LogP contribution >= 0.6 is 22.7 Å². The van der Waals surface area contributed by atoms with Crippen LogP contribution in [0.3, 0.4) is 0 Å². The molecular formula is C20H20N4OS2. The highest BCUT2D eigenvalue weighted by atomic mass is 32.1. The summed E-state index contributed by atoms with van der Waals surface area (Å²) in [6.07, 6.45) is 1.93. The molecule has 0 atom stereocenters. The van der Waals surface area contributed by atoms with Crippen LogP contribution in [0, 0.1) is 4.91 Å². The third-order valence-electron chi connectivity index (χ3n) is 4.58. The molecule has 0 amide bonds. The molecule has 0 radical (unpaired) electrons. The zero-order valence-corrected chi connectivity index (χ0v) is 16.5. The van der Waals surface area contributed by atoms with Gasteiger partial charge in [-0.15, -0.1) is 27.6 Å². The Morgan fingerprint density at radius 1 is 0.963 bits per heavy atom. The minimum Gasteiger partial charge on any atom is -0.369 e. The van der Waals surface area contributed by atoms with Crippen molar-refractivity contribution in [2.75, 3.05) is 37.7 Å². The van der Waals surface area contributed by atoms with Crippen molar-refractivity contribution in [1.82, 2.24) is 4.90 Å². The van der Waals surface area contributed by atoms with Crippen LogP contribution in [-0.2, 0) is 0 Å². The number of rotatable bonds is 6. The normalized spacial score (nSPS) is 15.5. The fourth-order valence-corrected chi connectivity index (χ4v) is 4.80. The van der Waals surface area contributed by atoms with Crippen molar-refractivity contribution < 1.29 is 0 Å². The molecule has 4 rings (SSSR count). The quantitative estimate of drug-likeness (QED) is 0.431. The largest absolute Gasteiger partial charge is 0.369 e. The van der Waals surface area contributed by atoms with Gasteiger partial charge in [0.15, 0.2) is 0 Å². The highest BCUT2D eigenvalue weighted by molar-refractivity contribution is 7.22. The van der Waals surface area contributed by atoms with Crippen LogP contribution in [-0.4, -0.2) is 44.0 Å². The fourth-order valence-electron chi connectivity index (χ4n) is 3.09. The van der Waals surface area contributed by atoms with Crippen LogP contribution in [0.15, 0.2) is 64.1 Å². The molecule has 0 N–H and O–H groups in total. The molecule has 2 aromatic heterocycles. The predicted octanol–water partition coefficient (Wildman–Crippen LogP) is 5.07. The van der Waals surface area contributed by atoms with Crippen LogP contribution in [0.25, 0.3) is 9.75 Å². The van der Waals surface area contributed by atoms with Crippen LogP contribution in [0.5, 0.6) is 0 Å². The number of nitrogens with zero attached hydrogens (tertiary/aromatic N) is 4. The lowest BCUT2D eigenvalue weighted by Gasteiger charge is -2.34. The molecule has 0 saturated carbocycles. The van der Waals surface area contributed by atoms with E-state index in [4.69, 9.17) is 0 Å². The minimum atomic E-state index is 0.290. The van der Waals surface area contributed by atoms with Gasteiger partial charge in [0.2, 0.25) is 0 Å². The molecule has 3 aromatic rings. The van der Waals surface area contributed by atoms with Crippen LogP contribution in [0.1, 0.15) is 4.88 Å². The van der Waals surface area contributed by atoms with Gasteiger partial charge in [0, 0.05) is 52.7 Å². The van der Waals surface area contributed by atoms with Crippen molar-refractivity contribution in [2.24, 2.45) is 10.2 Å². The highest BCUT2D eigenvalue weighted by Gasteiger charge is 2.16. The summed E-state index contributed by atoms with van der Waals surface area (Å²) in [7, 11) is 0. The van der Waals surface area contributed by atoms with Crippen molar-refractivity contribution in [1.29, 1.82) is 0 Å². The highest BCUT2D eigenvalue weighted by Crippen LogP contribution is 2.31. The lowest BCUT2D eigenvalue weighted by molar-refractivity contribution is 0.265. The molecule has 1 saturated heterocycles. The topological polar surface area (TPSA) is 48.3 Å². The predicted molar refractivity (Wildman–Crippen MR) is 116 cm³/mol. The molecular weight excluding hydrogens is 376 g/mol. The molecule has 1 aliphatic heterocycles. The number of benzene rings is 1. The number of aliphatic imine (C=N–C) groups is 1. The summed E-state index contributed by atoms with van der Waals surface area (Å²) in [5, 5.41) is 5.07. The Morgan fingerprint density at radius 3 is 2.48 bits per heavy atom. The molecule has 1 aromatic carbocycles. The zero-order valence-electron chi connectivity index (χ0n) is 14.8. The van der Waals surface area contributed by atoms with E-state index in [0.717, 1.165) is 36.7 Å². The summed E-state index contributed by atoms with van der Waals surface area (Å²) in [6, 6.07) is 16.8. The van der Waals surface area contributed by atoms with Gasteiger partial charge in [0.05, 0.1) is 5.69 Å². The van der Waals surface area contributed by atoms with Crippen molar-refractivity contribution in [2.45, 2.75) is 0 Å². The maximum Gasteiger partial charge on any atom is 0.134 e. The molecule has 138 valence electrons. The third kappa shape index (κ3) is 4.50. The van der Waals surface area contributed by atoms with E-state index in [9.17, 15) is 4.91 Å². The average Bonchev–Trinajstić information content (AvgIpc) is 3.39. The van der Waals surface area contributed by atoms with E-state index in [2.05, 4.69) is 73.9 Å². The molecule has 7 heteroatoms. The molecule has 27 heavy (non-hydrogen) atoms. The zero-order chi connectivity index (χ0) is 18.5. The van der Waals surface area contributed by atoms with Crippen LogP contribution < -0.4 is 4.90 Å². The van der Waals surface area contributed by atoms with E-state index >= 15 is 0 Å². The molecule has 3 heterocycles. The smallest absolute Gasteiger partial charge is 0.134 e. The van der Waals surface area contributed by atoms with Gasteiger partial charge >= 0.3 is 0 Å². The standard InChI is InChI=1S/C20H20N4OS2/c25-22-15-23-9-11-24(12-10-23)17-5-3-16(4-6-17)21-14-18-7-8-20(27-18)19-2-1-13-26-19/h1-8,13-14H,9-12,15H2. The number of nitroso groups, excluding NO2 is 1. The van der Waals surface area contributed by atoms with E-state index < -0.39 is 0 Å². The molecule has 0 bridgehead atoms. The summed E-state index contributed by atoms with van der Waals surface area (Å²) in [4.78, 5) is 23.1. The van der Waals surface area contributed by atoms with Crippen LogP contribution in [0.2, 0.25) is 0 Å². The number of hydrogen-bond donors (Lipinski definition) is 0. The van der Waals surface area contributed by atoms with Crippen LogP contribution in [0.4, 0.5) is 11.4 Å². The second kappa shape index (κ2) is 8.56. The molecule has 0 spiro atoms. The van der Waals surface area contributed by atoms with Gasteiger partial charge in [-0.2, -0.15) is 0 Å². The second-order valence-electron chi connectivity index (χ2n) is 6.33. The Bertz CT molecular complexity index is 894. The first-order chi connectivity index (χ1) is 13.3. The third-order valence-corrected chi connectivity index (χ3v) is 6.66. The summed E-state index contributed by atoms with van der Waals surface area (Å²) in [5.74, 6) is 0. The molecule has 5 nitrogen and oxygen atoms in total. The van der Waals surface area contributed by atoms with Gasteiger partial charge in [-0.05, 0) is 47.8 Å².